The fraction of sp³-hybridized carbons (Fsp3) is 0.562. The first-order chi connectivity index (χ1) is 10.8. The first-order valence-corrected chi connectivity index (χ1v) is 9.79. The van der Waals surface area contributed by atoms with Crippen LogP contribution in [0.4, 0.5) is 0 Å². The Morgan fingerprint density at radius 1 is 1.35 bits per heavy atom. The highest BCUT2D eigenvalue weighted by Crippen LogP contribution is 2.22. The number of carbonyl (C=O) groups excluding carboxylic acids is 1. The van der Waals surface area contributed by atoms with E-state index in [0.717, 1.165) is 6.42 Å². The Bertz CT molecular complexity index is 644. The number of hydrogen-bond donors (Lipinski definition) is 1. The van der Waals surface area contributed by atoms with Crippen LogP contribution < -0.4 is 5.32 Å². The maximum atomic E-state index is 12.6. The van der Waals surface area contributed by atoms with Crippen molar-refractivity contribution in [3.63, 3.8) is 0 Å². The van der Waals surface area contributed by atoms with Gasteiger partial charge in [-0.3, -0.25) is 4.79 Å². The van der Waals surface area contributed by atoms with Crippen molar-refractivity contribution in [3.8, 4) is 0 Å². The van der Waals surface area contributed by atoms with Crippen LogP contribution in [0.25, 0.3) is 0 Å². The van der Waals surface area contributed by atoms with Gasteiger partial charge in [0.05, 0.1) is 11.7 Å². The van der Waals surface area contributed by atoms with Gasteiger partial charge in [-0.1, -0.05) is 23.7 Å². The molecule has 1 aliphatic heterocycles. The molecule has 0 aliphatic carbocycles. The molecule has 0 spiro atoms. The van der Waals surface area contributed by atoms with Crippen molar-refractivity contribution in [1.82, 2.24) is 9.62 Å². The molecule has 1 amide bonds. The fourth-order valence-electron chi connectivity index (χ4n) is 2.69. The fourth-order valence-corrected chi connectivity index (χ4v) is 4.43. The van der Waals surface area contributed by atoms with Crippen LogP contribution in [0.2, 0.25) is 5.02 Å². The van der Waals surface area contributed by atoms with Gasteiger partial charge in [-0.05, 0) is 44.4 Å². The summed E-state index contributed by atoms with van der Waals surface area (Å²) in [4.78, 5) is 12.1. The molecule has 1 aromatic rings. The van der Waals surface area contributed by atoms with Crippen LogP contribution >= 0.6 is 11.6 Å². The lowest BCUT2D eigenvalue weighted by Gasteiger charge is -2.31. The quantitative estimate of drug-likeness (QED) is 0.878. The molecule has 1 atom stereocenters. The van der Waals surface area contributed by atoms with Gasteiger partial charge in [-0.25, -0.2) is 12.7 Å². The number of nitrogens with one attached hydrogen (secondary N) is 1. The normalized spacial score (nSPS) is 19.7. The van der Waals surface area contributed by atoms with E-state index in [4.69, 9.17) is 11.6 Å². The summed E-state index contributed by atoms with van der Waals surface area (Å²) >= 11 is 5.82. The smallest absolute Gasteiger partial charge is 0.224 e. The average Bonchev–Trinajstić information content (AvgIpc) is 2.49. The van der Waals surface area contributed by atoms with Crippen molar-refractivity contribution in [2.24, 2.45) is 5.92 Å². The van der Waals surface area contributed by atoms with Crippen LogP contribution in [-0.4, -0.2) is 37.8 Å². The topological polar surface area (TPSA) is 66.5 Å². The number of sulfonamides is 1. The van der Waals surface area contributed by atoms with E-state index in [1.807, 2.05) is 13.8 Å². The van der Waals surface area contributed by atoms with Gasteiger partial charge in [-0.15, -0.1) is 0 Å². The maximum absolute atomic E-state index is 12.6. The maximum Gasteiger partial charge on any atom is 0.224 e. The number of amides is 1. The highest BCUT2D eigenvalue weighted by atomic mass is 35.5. The number of benzene rings is 1. The predicted molar refractivity (Wildman–Crippen MR) is 91.7 cm³/mol. The zero-order valence-electron chi connectivity index (χ0n) is 13.5. The minimum Gasteiger partial charge on any atom is -0.354 e. The van der Waals surface area contributed by atoms with Crippen LogP contribution in [-0.2, 0) is 20.6 Å². The Morgan fingerprint density at radius 2 is 2.00 bits per heavy atom. The predicted octanol–water partition coefficient (Wildman–Crippen LogP) is 2.41. The first-order valence-electron chi connectivity index (χ1n) is 7.80. The van der Waals surface area contributed by atoms with E-state index in [1.54, 1.807) is 24.3 Å². The summed E-state index contributed by atoms with van der Waals surface area (Å²) in [5.41, 5.74) is 0.697. The number of halogens is 1. The van der Waals surface area contributed by atoms with Crippen molar-refractivity contribution >= 4 is 27.5 Å². The van der Waals surface area contributed by atoms with E-state index in [1.165, 1.54) is 4.31 Å². The van der Waals surface area contributed by atoms with Gasteiger partial charge in [0.2, 0.25) is 15.9 Å². The summed E-state index contributed by atoms with van der Waals surface area (Å²) in [5, 5.41) is 3.44. The Morgan fingerprint density at radius 3 is 2.61 bits per heavy atom. The first kappa shape index (κ1) is 18.2. The van der Waals surface area contributed by atoms with Gasteiger partial charge in [0, 0.05) is 24.2 Å². The molecular weight excluding hydrogens is 336 g/mol. The number of hydrogen-bond acceptors (Lipinski definition) is 3. The number of carbonyl (C=O) groups is 1. The molecular formula is C16H23ClN2O3S. The molecule has 1 aromatic carbocycles. The summed E-state index contributed by atoms with van der Waals surface area (Å²) in [6.45, 7) is 4.53. The molecule has 0 bridgehead atoms. The van der Waals surface area contributed by atoms with Crippen LogP contribution in [0, 0.1) is 5.92 Å². The summed E-state index contributed by atoms with van der Waals surface area (Å²) in [6.07, 6.45) is 1.43. The Balaban J connectivity index is 2.04. The van der Waals surface area contributed by atoms with Gasteiger partial charge < -0.3 is 5.32 Å². The SMILES string of the molecule is CC(C)NC(=O)[C@H]1CCCN(S(=O)(=O)Cc2ccc(Cl)cc2)C1. The largest absolute Gasteiger partial charge is 0.354 e. The third-order valence-corrected chi connectivity index (χ3v) is 5.91. The zero-order valence-corrected chi connectivity index (χ0v) is 15.0. The summed E-state index contributed by atoms with van der Waals surface area (Å²) in [7, 11) is -3.43. The third kappa shape index (κ3) is 5.19. The molecule has 0 radical (unpaired) electrons. The lowest BCUT2D eigenvalue weighted by Crippen LogP contribution is -2.46. The Hall–Kier alpha value is -1.11. The van der Waals surface area contributed by atoms with Crippen LogP contribution in [0.3, 0.4) is 0 Å². The van der Waals surface area contributed by atoms with Crippen molar-refractivity contribution in [2.75, 3.05) is 13.1 Å². The zero-order chi connectivity index (χ0) is 17.0. The van der Waals surface area contributed by atoms with Crippen molar-refractivity contribution in [1.29, 1.82) is 0 Å². The van der Waals surface area contributed by atoms with E-state index in [9.17, 15) is 13.2 Å². The highest BCUT2D eigenvalue weighted by Gasteiger charge is 2.32. The Labute approximate surface area is 143 Å². The number of piperidine rings is 1. The molecule has 23 heavy (non-hydrogen) atoms. The minimum absolute atomic E-state index is 0.0588. The molecule has 1 aliphatic rings. The van der Waals surface area contributed by atoms with E-state index in [2.05, 4.69) is 5.32 Å². The third-order valence-electron chi connectivity index (χ3n) is 3.84. The minimum atomic E-state index is -3.43. The molecule has 0 aromatic heterocycles. The molecule has 0 saturated carbocycles. The highest BCUT2D eigenvalue weighted by molar-refractivity contribution is 7.88. The average molecular weight is 359 g/mol. The van der Waals surface area contributed by atoms with Crippen LogP contribution in [0.1, 0.15) is 32.3 Å². The second-order valence-corrected chi connectivity index (χ2v) is 8.65. The summed E-state index contributed by atoms with van der Waals surface area (Å²) < 4.78 is 26.6. The number of nitrogens with zero attached hydrogens (tertiary/aromatic N) is 1. The lowest BCUT2D eigenvalue weighted by atomic mass is 9.98. The second-order valence-electron chi connectivity index (χ2n) is 6.24. The molecule has 0 unspecified atom stereocenters. The van der Waals surface area contributed by atoms with E-state index in [-0.39, 0.29) is 30.2 Å². The van der Waals surface area contributed by atoms with Crippen LogP contribution in [0.5, 0.6) is 0 Å². The molecule has 128 valence electrons. The molecule has 7 heteroatoms. The standard InChI is InChI=1S/C16H23ClN2O3S/c1-12(2)18-16(20)14-4-3-9-19(10-14)23(21,22)11-13-5-7-15(17)8-6-13/h5-8,12,14H,3-4,9-11H2,1-2H3,(H,18,20)/t14-/m0/s1. The lowest BCUT2D eigenvalue weighted by molar-refractivity contribution is -0.126. The van der Waals surface area contributed by atoms with Gasteiger partial charge in [-0.2, -0.15) is 0 Å². The second kappa shape index (κ2) is 7.64. The van der Waals surface area contributed by atoms with Gasteiger partial charge in [0.15, 0.2) is 0 Å². The van der Waals surface area contributed by atoms with Gasteiger partial charge in [0.25, 0.3) is 0 Å². The summed E-state index contributed by atoms with van der Waals surface area (Å²) in [5.74, 6) is -0.402. The van der Waals surface area contributed by atoms with Crippen LogP contribution in [0.15, 0.2) is 24.3 Å². The molecule has 1 N–H and O–H groups in total. The van der Waals surface area contributed by atoms with Gasteiger partial charge >= 0.3 is 0 Å². The van der Waals surface area contributed by atoms with Crippen molar-refractivity contribution in [2.45, 2.75) is 38.5 Å². The molecule has 1 heterocycles. The van der Waals surface area contributed by atoms with Gasteiger partial charge in [0.1, 0.15) is 0 Å². The molecule has 1 saturated heterocycles. The van der Waals surface area contributed by atoms with Crippen molar-refractivity contribution in [3.05, 3.63) is 34.9 Å². The van der Waals surface area contributed by atoms with E-state index < -0.39 is 10.0 Å². The number of rotatable bonds is 5. The summed E-state index contributed by atoms with van der Waals surface area (Å²) in [6, 6.07) is 6.85. The Kier molecular flexibility index (Phi) is 6.06. The molecule has 2 rings (SSSR count). The van der Waals surface area contributed by atoms with Crippen molar-refractivity contribution < 1.29 is 13.2 Å². The molecule has 5 nitrogen and oxygen atoms in total. The monoisotopic (exact) mass is 358 g/mol. The van der Waals surface area contributed by atoms with E-state index >= 15 is 0 Å². The van der Waals surface area contributed by atoms with E-state index in [0.29, 0.717) is 23.6 Å². The molecule has 1 fully saturated rings.